The van der Waals surface area contributed by atoms with E-state index in [0.717, 1.165) is 0 Å². The maximum absolute atomic E-state index is 12.8. The zero-order chi connectivity index (χ0) is 14.6. The first kappa shape index (κ1) is 12.6. The average Bonchev–Trinajstić information content (AvgIpc) is 2.85. The van der Waals surface area contributed by atoms with Crippen LogP contribution in [0, 0.1) is 0 Å². The number of methoxy groups -OCH3 is 1. The second-order valence-electron chi connectivity index (χ2n) is 5.20. The van der Waals surface area contributed by atoms with Crippen LogP contribution in [-0.4, -0.2) is 36.4 Å². The number of rotatable bonds is 1. The van der Waals surface area contributed by atoms with Gasteiger partial charge in [-0.15, -0.1) is 0 Å². The number of aliphatic hydroxyl groups is 1. The van der Waals surface area contributed by atoms with Crippen LogP contribution in [0.15, 0.2) is 22.7 Å². The Kier molecular flexibility index (Phi) is 2.49. The molecule has 1 aliphatic carbocycles. The molecular formula is C15H13NO5. The number of aromatic nitrogens is 1. The standard InChI is InChI=1S/C15H13NO5/c1-19-9-4-2-3-8-11(9)13-12-10(21-16-13)5-6-20-7-15(12,18)14(8)17/h2-4,18H,5-7H2,1H3. The van der Waals surface area contributed by atoms with E-state index in [4.69, 9.17) is 14.0 Å². The smallest absolute Gasteiger partial charge is 0.202 e. The summed E-state index contributed by atoms with van der Waals surface area (Å²) in [5.41, 5.74) is 0.0869. The molecule has 21 heavy (non-hydrogen) atoms. The summed E-state index contributed by atoms with van der Waals surface area (Å²) in [4.78, 5) is 12.8. The summed E-state index contributed by atoms with van der Waals surface area (Å²) in [5, 5.41) is 15.0. The van der Waals surface area contributed by atoms with Crippen LogP contribution in [0.3, 0.4) is 0 Å². The fourth-order valence-corrected chi connectivity index (χ4v) is 3.09. The summed E-state index contributed by atoms with van der Waals surface area (Å²) in [6.07, 6.45) is 0.475. The molecule has 0 fully saturated rings. The number of hydrogen-bond acceptors (Lipinski definition) is 6. The van der Waals surface area contributed by atoms with Crippen LogP contribution in [0.2, 0.25) is 0 Å². The Labute approximate surface area is 120 Å². The van der Waals surface area contributed by atoms with Crippen LogP contribution in [0.25, 0.3) is 11.3 Å². The van der Waals surface area contributed by atoms with E-state index >= 15 is 0 Å². The van der Waals surface area contributed by atoms with Crippen LogP contribution in [0.1, 0.15) is 21.7 Å². The molecule has 1 unspecified atom stereocenters. The highest BCUT2D eigenvalue weighted by Gasteiger charge is 2.51. The topological polar surface area (TPSA) is 81.8 Å². The van der Waals surface area contributed by atoms with Gasteiger partial charge in [-0.25, -0.2) is 0 Å². The van der Waals surface area contributed by atoms with Crippen molar-refractivity contribution in [3.8, 4) is 17.0 Å². The fourth-order valence-electron chi connectivity index (χ4n) is 3.09. The quantitative estimate of drug-likeness (QED) is 0.851. The Balaban J connectivity index is 2.09. The first-order valence-corrected chi connectivity index (χ1v) is 6.68. The lowest BCUT2D eigenvalue weighted by Crippen LogP contribution is -2.42. The lowest BCUT2D eigenvalue weighted by Gasteiger charge is -2.30. The van der Waals surface area contributed by atoms with E-state index < -0.39 is 11.4 Å². The zero-order valence-corrected chi connectivity index (χ0v) is 11.4. The molecule has 1 atom stereocenters. The predicted octanol–water partition coefficient (Wildman–Crippen LogP) is 1.31. The first-order chi connectivity index (χ1) is 10.2. The highest BCUT2D eigenvalue weighted by atomic mass is 16.5. The Morgan fingerprint density at radius 3 is 3.10 bits per heavy atom. The first-order valence-electron chi connectivity index (χ1n) is 6.68. The lowest BCUT2D eigenvalue weighted by molar-refractivity contribution is -0.0258. The molecule has 0 saturated heterocycles. The minimum atomic E-state index is -1.74. The van der Waals surface area contributed by atoms with Crippen molar-refractivity contribution >= 4 is 5.78 Å². The third-order valence-corrected chi connectivity index (χ3v) is 4.06. The summed E-state index contributed by atoms with van der Waals surface area (Å²) >= 11 is 0. The molecule has 1 N–H and O–H groups in total. The number of fused-ring (bicyclic) bond motifs is 2. The van der Waals surface area contributed by atoms with Gasteiger partial charge in [0.1, 0.15) is 17.2 Å². The number of ketones is 1. The van der Waals surface area contributed by atoms with E-state index in [9.17, 15) is 9.90 Å². The third kappa shape index (κ3) is 1.48. The molecule has 0 radical (unpaired) electrons. The Bertz CT molecular complexity index is 751. The minimum Gasteiger partial charge on any atom is -0.496 e. The molecule has 2 heterocycles. The van der Waals surface area contributed by atoms with Gasteiger partial charge >= 0.3 is 0 Å². The van der Waals surface area contributed by atoms with Crippen molar-refractivity contribution in [2.45, 2.75) is 12.0 Å². The largest absolute Gasteiger partial charge is 0.496 e. The molecule has 0 spiro atoms. The van der Waals surface area contributed by atoms with E-state index in [1.165, 1.54) is 7.11 Å². The summed E-state index contributed by atoms with van der Waals surface area (Å²) in [6.45, 7) is 0.286. The lowest BCUT2D eigenvalue weighted by atomic mass is 9.77. The molecular weight excluding hydrogens is 274 g/mol. The van der Waals surface area contributed by atoms with Gasteiger partial charge in [0.05, 0.1) is 31.5 Å². The molecule has 2 aromatic rings. The third-order valence-electron chi connectivity index (χ3n) is 4.06. The number of hydrogen-bond donors (Lipinski definition) is 1. The van der Waals surface area contributed by atoms with Gasteiger partial charge < -0.3 is 19.1 Å². The second-order valence-corrected chi connectivity index (χ2v) is 5.20. The number of benzene rings is 1. The van der Waals surface area contributed by atoms with Crippen molar-refractivity contribution in [3.05, 3.63) is 35.1 Å². The molecule has 108 valence electrons. The van der Waals surface area contributed by atoms with Crippen molar-refractivity contribution in [2.75, 3.05) is 20.3 Å². The van der Waals surface area contributed by atoms with E-state index in [0.29, 0.717) is 46.9 Å². The highest BCUT2D eigenvalue weighted by Crippen LogP contribution is 2.47. The maximum atomic E-state index is 12.8. The van der Waals surface area contributed by atoms with Crippen LogP contribution in [-0.2, 0) is 16.8 Å². The van der Waals surface area contributed by atoms with Crippen molar-refractivity contribution in [1.82, 2.24) is 5.16 Å². The normalized spacial score (nSPS) is 23.2. The van der Waals surface area contributed by atoms with Gasteiger partial charge in [-0.05, 0) is 6.07 Å². The Morgan fingerprint density at radius 1 is 1.43 bits per heavy atom. The number of carbonyl (C=O) groups excluding carboxylic acids is 1. The van der Waals surface area contributed by atoms with Gasteiger partial charge in [0.2, 0.25) is 5.78 Å². The molecule has 6 nitrogen and oxygen atoms in total. The van der Waals surface area contributed by atoms with E-state index in [1.54, 1.807) is 18.2 Å². The molecule has 6 heteroatoms. The molecule has 0 saturated carbocycles. The summed E-state index contributed by atoms with van der Waals surface area (Å²) in [5.74, 6) is 0.620. The molecule has 4 rings (SSSR count). The predicted molar refractivity (Wildman–Crippen MR) is 71.2 cm³/mol. The molecule has 1 aromatic heterocycles. The number of nitrogens with zero attached hydrogens (tertiary/aromatic N) is 1. The number of ether oxygens (including phenoxy) is 2. The molecule has 1 aromatic carbocycles. The second kappa shape index (κ2) is 4.16. The van der Waals surface area contributed by atoms with Crippen LogP contribution < -0.4 is 4.74 Å². The molecule has 2 aliphatic rings. The summed E-state index contributed by atoms with van der Waals surface area (Å²) < 4.78 is 16.1. The monoisotopic (exact) mass is 287 g/mol. The summed E-state index contributed by atoms with van der Waals surface area (Å²) in [6, 6.07) is 5.12. The Morgan fingerprint density at radius 2 is 2.29 bits per heavy atom. The van der Waals surface area contributed by atoms with E-state index in [-0.39, 0.29) is 6.61 Å². The fraction of sp³-hybridized carbons (Fsp3) is 0.333. The van der Waals surface area contributed by atoms with Crippen molar-refractivity contribution in [2.24, 2.45) is 0 Å². The van der Waals surface area contributed by atoms with Gasteiger partial charge in [-0.2, -0.15) is 0 Å². The van der Waals surface area contributed by atoms with Gasteiger partial charge in [-0.1, -0.05) is 17.3 Å². The number of carbonyl (C=O) groups is 1. The van der Waals surface area contributed by atoms with Gasteiger partial charge in [0, 0.05) is 12.0 Å². The molecule has 1 aliphatic heterocycles. The summed E-state index contributed by atoms with van der Waals surface area (Å²) in [7, 11) is 1.53. The zero-order valence-electron chi connectivity index (χ0n) is 11.4. The van der Waals surface area contributed by atoms with Crippen LogP contribution >= 0.6 is 0 Å². The average molecular weight is 287 g/mol. The van der Waals surface area contributed by atoms with Crippen LogP contribution in [0.4, 0.5) is 0 Å². The minimum absolute atomic E-state index is 0.0936. The number of Topliss-reactive ketones (excluding diaryl/α,β-unsaturated/α-hetero) is 1. The SMILES string of the molecule is COc1cccc2c1-c1noc3c1C(O)(COCC3)C2=O. The maximum Gasteiger partial charge on any atom is 0.202 e. The Hall–Kier alpha value is -2.18. The van der Waals surface area contributed by atoms with Crippen LogP contribution in [0.5, 0.6) is 5.75 Å². The van der Waals surface area contributed by atoms with E-state index in [1.807, 2.05) is 0 Å². The van der Waals surface area contributed by atoms with Crippen molar-refractivity contribution in [3.63, 3.8) is 0 Å². The van der Waals surface area contributed by atoms with Crippen molar-refractivity contribution in [1.29, 1.82) is 0 Å². The van der Waals surface area contributed by atoms with Crippen molar-refractivity contribution < 1.29 is 23.9 Å². The van der Waals surface area contributed by atoms with E-state index in [2.05, 4.69) is 5.16 Å². The highest BCUT2D eigenvalue weighted by molar-refractivity contribution is 6.12. The molecule has 0 amide bonds. The van der Waals surface area contributed by atoms with Gasteiger partial charge in [0.25, 0.3) is 0 Å². The van der Waals surface area contributed by atoms with Gasteiger partial charge in [0.15, 0.2) is 5.60 Å². The van der Waals surface area contributed by atoms with Gasteiger partial charge in [-0.3, -0.25) is 4.79 Å². The molecule has 0 bridgehead atoms.